The van der Waals surface area contributed by atoms with Crippen LogP contribution in [0.15, 0.2) is 29.7 Å². The average molecular weight is 717 g/mol. The molecule has 0 amide bonds. The molecule has 7 rings (SSSR count). The zero-order valence-electron chi connectivity index (χ0n) is 24.3. The van der Waals surface area contributed by atoms with Crippen LogP contribution in [0, 0.1) is 0 Å². The molecule has 3 aliphatic heterocycles. The molecule has 10 atom stereocenters. The number of fused-ring (bicyclic) bond motifs is 5. The molecule has 9 N–H and O–H groups in total. The second-order valence-electron chi connectivity index (χ2n) is 10.9. The highest BCUT2D eigenvalue weighted by molar-refractivity contribution is 7.47. The van der Waals surface area contributed by atoms with Crippen LogP contribution < -0.4 is 16.6 Å². The number of aliphatic hydroxyl groups is 3. The van der Waals surface area contributed by atoms with E-state index in [0.717, 1.165) is 0 Å². The SMILES string of the molecule is Nc1nc2c(ccn2[C@@H]2O[C@@H]3COP(=O)(O)OC4C(O)[C@H](n5cnc6c(NCCO)ncnc65)O[C@@H]4COP(=O)(O)OC2C3O)c(=O)[nH]1. The topological polar surface area (TPSA) is 323 Å². The predicted octanol–water partition coefficient (Wildman–Crippen LogP) is -1.91. The summed E-state index contributed by atoms with van der Waals surface area (Å²) in [5.74, 6) is 0.0203. The number of aromatic amines is 1. The number of nitrogen functional groups attached to an aromatic ring is 1. The maximum Gasteiger partial charge on any atom is 0.472 e. The van der Waals surface area contributed by atoms with Crippen molar-refractivity contribution in [3.8, 4) is 0 Å². The van der Waals surface area contributed by atoms with Crippen LogP contribution >= 0.6 is 15.6 Å². The van der Waals surface area contributed by atoms with Crippen molar-refractivity contribution in [2.24, 2.45) is 0 Å². The smallest absolute Gasteiger partial charge is 0.395 e. The van der Waals surface area contributed by atoms with Crippen molar-refractivity contribution in [2.75, 3.05) is 37.4 Å². The number of imidazole rings is 1. The van der Waals surface area contributed by atoms with E-state index in [0.29, 0.717) is 0 Å². The normalized spacial score (nSPS) is 36.0. The van der Waals surface area contributed by atoms with E-state index in [9.17, 15) is 33.9 Å². The molecule has 7 heterocycles. The number of nitrogens with two attached hydrogens (primary N) is 1. The number of ether oxygens (including phenoxy) is 2. The van der Waals surface area contributed by atoms with E-state index in [1.165, 1.54) is 34.1 Å². The van der Waals surface area contributed by atoms with Crippen molar-refractivity contribution in [2.45, 2.75) is 49.1 Å². The minimum Gasteiger partial charge on any atom is -0.395 e. The van der Waals surface area contributed by atoms with Gasteiger partial charge in [0, 0.05) is 12.7 Å². The number of phosphoric ester groups is 2. The van der Waals surface area contributed by atoms with Gasteiger partial charge < -0.3 is 50.2 Å². The Hall–Kier alpha value is -3.41. The lowest BCUT2D eigenvalue weighted by atomic mass is 10.1. The number of H-pyrrole nitrogens is 1. The van der Waals surface area contributed by atoms with E-state index in [1.807, 2.05) is 0 Å². The highest BCUT2D eigenvalue weighted by atomic mass is 31.2. The molecule has 0 aliphatic carbocycles. The number of phosphoric acid groups is 2. The van der Waals surface area contributed by atoms with Crippen molar-refractivity contribution in [1.82, 2.24) is 34.1 Å². The van der Waals surface area contributed by atoms with E-state index in [2.05, 4.69) is 30.2 Å². The van der Waals surface area contributed by atoms with Gasteiger partial charge in [0.15, 0.2) is 35.1 Å². The third-order valence-electron chi connectivity index (χ3n) is 7.85. The number of rotatable bonds is 5. The minimum absolute atomic E-state index is 0.0228. The van der Waals surface area contributed by atoms with E-state index in [1.54, 1.807) is 0 Å². The van der Waals surface area contributed by atoms with Crippen LogP contribution in [0.1, 0.15) is 12.5 Å². The number of anilines is 2. The summed E-state index contributed by atoms with van der Waals surface area (Å²) in [6, 6.07) is 1.36. The van der Waals surface area contributed by atoms with Gasteiger partial charge >= 0.3 is 15.6 Å². The molecule has 6 unspecified atom stereocenters. The first-order valence-corrected chi connectivity index (χ1v) is 17.2. The molecule has 48 heavy (non-hydrogen) atoms. The van der Waals surface area contributed by atoms with Crippen LogP contribution in [0.5, 0.6) is 0 Å². The molecule has 260 valence electrons. The molecule has 0 aromatic carbocycles. The van der Waals surface area contributed by atoms with Gasteiger partial charge in [0.25, 0.3) is 5.56 Å². The Labute approximate surface area is 267 Å². The van der Waals surface area contributed by atoms with Gasteiger partial charge in [0.1, 0.15) is 43.0 Å². The summed E-state index contributed by atoms with van der Waals surface area (Å²) in [4.78, 5) is 52.7. The fourth-order valence-corrected chi connectivity index (χ4v) is 7.61. The Bertz CT molecular complexity index is 1990. The standard InChI is InChI=1S/C23H29N9O14P2/c24-23-29-18-9(20(36)30-23)1-3-31(18)22-16-13(34)10(43-22)5-41-47(37,38)45-15-11(6-42-48(39,40)46-16)44-21(14(15)35)32-8-28-12-17(25-2-4-33)26-7-27-19(12)32/h1,3,7-8,10-11,13-16,21-22,33-35H,2,4-6H2,(H,37,38)(H,39,40)(H,25,26,27)(H3,24,29,30,36)/t10-,11-,13?,14?,15?,16?,21-,22-/m1/s1. The second-order valence-corrected chi connectivity index (χ2v) is 13.7. The van der Waals surface area contributed by atoms with Crippen LogP contribution in [0.25, 0.3) is 22.2 Å². The minimum atomic E-state index is -5.12. The summed E-state index contributed by atoms with van der Waals surface area (Å²) in [5.41, 5.74) is 5.48. The number of hydrogen-bond acceptors (Lipinski definition) is 18. The van der Waals surface area contributed by atoms with Crippen molar-refractivity contribution in [1.29, 1.82) is 0 Å². The van der Waals surface area contributed by atoms with Crippen molar-refractivity contribution >= 4 is 49.6 Å². The predicted molar refractivity (Wildman–Crippen MR) is 157 cm³/mol. The maximum absolute atomic E-state index is 13.3. The summed E-state index contributed by atoms with van der Waals surface area (Å²) in [6.07, 6.45) is -8.82. The van der Waals surface area contributed by atoms with Crippen LogP contribution in [0.3, 0.4) is 0 Å². The van der Waals surface area contributed by atoms with Gasteiger partial charge in [-0.3, -0.25) is 32.4 Å². The molecule has 4 aromatic heterocycles. The molecule has 4 aromatic rings. The number of nitrogens with one attached hydrogen (secondary N) is 2. The molecule has 3 aliphatic rings. The summed E-state index contributed by atoms with van der Waals surface area (Å²) in [5, 5.41) is 34.4. The summed E-state index contributed by atoms with van der Waals surface area (Å²) >= 11 is 0. The summed E-state index contributed by atoms with van der Waals surface area (Å²) in [6.45, 7) is -1.68. The van der Waals surface area contributed by atoms with Gasteiger partial charge in [-0.05, 0) is 6.07 Å². The van der Waals surface area contributed by atoms with E-state index in [-0.39, 0.29) is 47.1 Å². The first kappa shape index (κ1) is 33.1. The van der Waals surface area contributed by atoms with Gasteiger partial charge in [-0.2, -0.15) is 4.98 Å². The molecule has 0 spiro atoms. The lowest BCUT2D eigenvalue weighted by Gasteiger charge is -2.26. The third-order valence-corrected chi connectivity index (χ3v) is 9.82. The van der Waals surface area contributed by atoms with Gasteiger partial charge in [-0.15, -0.1) is 0 Å². The Morgan fingerprint density at radius 3 is 2.42 bits per heavy atom. The molecule has 3 fully saturated rings. The molecule has 25 heteroatoms. The Morgan fingerprint density at radius 1 is 0.958 bits per heavy atom. The van der Waals surface area contributed by atoms with Gasteiger partial charge in [-0.1, -0.05) is 0 Å². The van der Waals surface area contributed by atoms with Crippen LogP contribution in [0.2, 0.25) is 0 Å². The Morgan fingerprint density at radius 2 is 1.67 bits per heavy atom. The quantitative estimate of drug-likeness (QED) is 0.104. The van der Waals surface area contributed by atoms with Gasteiger partial charge in [0.2, 0.25) is 5.95 Å². The molecule has 2 bridgehead atoms. The lowest BCUT2D eigenvalue weighted by Crippen LogP contribution is -2.36. The Kier molecular flexibility index (Phi) is 8.61. The number of nitrogens with zero attached hydrogens (tertiary/aromatic N) is 6. The molecule has 23 nitrogen and oxygen atoms in total. The monoisotopic (exact) mass is 717 g/mol. The van der Waals surface area contributed by atoms with Gasteiger partial charge in [0.05, 0.1) is 31.5 Å². The van der Waals surface area contributed by atoms with E-state index >= 15 is 0 Å². The molecule has 0 radical (unpaired) electrons. The zero-order valence-corrected chi connectivity index (χ0v) is 26.1. The van der Waals surface area contributed by atoms with Crippen LogP contribution in [0.4, 0.5) is 11.8 Å². The number of aliphatic hydroxyl groups excluding tert-OH is 3. The van der Waals surface area contributed by atoms with Gasteiger partial charge in [-0.25, -0.2) is 24.1 Å². The molecular formula is C23H29N9O14P2. The fraction of sp³-hybridized carbons (Fsp3) is 0.522. The highest BCUT2D eigenvalue weighted by Crippen LogP contribution is 2.53. The van der Waals surface area contributed by atoms with Crippen LogP contribution in [-0.2, 0) is 36.7 Å². The first-order valence-electron chi connectivity index (χ1n) is 14.2. The average Bonchev–Trinajstić information content (AvgIpc) is 3.79. The lowest BCUT2D eigenvalue weighted by molar-refractivity contribution is -0.0670. The second kappa shape index (κ2) is 12.5. The van der Waals surface area contributed by atoms with Crippen molar-refractivity contribution < 1.29 is 61.8 Å². The molecular weight excluding hydrogens is 688 g/mol. The van der Waals surface area contributed by atoms with Crippen LogP contribution in [-0.4, -0.2) is 122 Å². The fourth-order valence-electron chi connectivity index (χ4n) is 5.72. The van der Waals surface area contributed by atoms with Crippen molar-refractivity contribution in [3.63, 3.8) is 0 Å². The summed E-state index contributed by atoms with van der Waals surface area (Å²) < 4.78 is 61.7. The third kappa shape index (κ3) is 6.02. The first-order chi connectivity index (χ1) is 22.9. The van der Waals surface area contributed by atoms with E-state index < -0.39 is 83.5 Å². The maximum atomic E-state index is 13.3. The van der Waals surface area contributed by atoms with E-state index in [4.69, 9.17) is 38.4 Å². The molecule has 3 saturated heterocycles. The highest BCUT2D eigenvalue weighted by Gasteiger charge is 2.54. The zero-order chi connectivity index (χ0) is 34.0. The summed E-state index contributed by atoms with van der Waals surface area (Å²) in [7, 11) is -10.2. The van der Waals surface area contributed by atoms with Crippen molar-refractivity contribution in [3.05, 3.63) is 35.3 Å². The number of hydrogen-bond donors (Lipinski definition) is 8. The largest absolute Gasteiger partial charge is 0.472 e. The molecule has 0 saturated carbocycles. The Balaban J connectivity index is 1.19. The number of aromatic nitrogens is 7.